The van der Waals surface area contributed by atoms with Gasteiger partial charge in [0, 0.05) is 18.2 Å². The molecule has 156 valence electrons. The number of hydrogen-bond donors (Lipinski definition) is 3. The molecule has 2 aromatic rings. The molecule has 1 aliphatic rings. The average molecular weight is 440 g/mol. The zero-order valence-corrected chi connectivity index (χ0v) is 17.2. The number of hydrogen-bond acceptors (Lipinski definition) is 7. The molecular formula is C18H21N3O6S2. The van der Waals surface area contributed by atoms with Gasteiger partial charge in [-0.25, -0.2) is 13.9 Å². The second-order valence-corrected chi connectivity index (χ2v) is 9.53. The number of hydroxylamine groups is 1. The summed E-state index contributed by atoms with van der Waals surface area (Å²) >= 11 is 1.05. The summed E-state index contributed by atoms with van der Waals surface area (Å²) in [5.74, 6) is -0.558. The highest BCUT2D eigenvalue weighted by atomic mass is 32.2. The number of piperidine rings is 1. The Morgan fingerprint density at radius 2 is 1.97 bits per heavy atom. The third kappa shape index (κ3) is 4.58. The summed E-state index contributed by atoms with van der Waals surface area (Å²) in [4.78, 5) is 24.7. The summed E-state index contributed by atoms with van der Waals surface area (Å²) in [7, 11) is -2.35. The first-order chi connectivity index (χ1) is 13.9. The Morgan fingerprint density at radius 1 is 1.24 bits per heavy atom. The van der Waals surface area contributed by atoms with Crippen molar-refractivity contribution >= 4 is 33.2 Å². The number of benzene rings is 1. The third-order valence-electron chi connectivity index (χ3n) is 4.71. The molecule has 2 amide bonds. The predicted molar refractivity (Wildman–Crippen MR) is 105 cm³/mol. The maximum atomic E-state index is 12.9. The molecule has 0 spiro atoms. The Morgan fingerprint density at radius 3 is 2.55 bits per heavy atom. The fourth-order valence-corrected chi connectivity index (χ4v) is 5.94. The fraction of sp³-hybridized carbons (Fsp3) is 0.333. The highest BCUT2D eigenvalue weighted by Gasteiger charge is 2.41. The molecule has 2 heterocycles. The molecule has 1 saturated heterocycles. The highest BCUT2D eigenvalue weighted by molar-refractivity contribution is 7.91. The van der Waals surface area contributed by atoms with Gasteiger partial charge in [-0.3, -0.25) is 14.8 Å². The van der Waals surface area contributed by atoms with Gasteiger partial charge in [0.1, 0.15) is 16.0 Å². The molecule has 9 nitrogen and oxygen atoms in total. The van der Waals surface area contributed by atoms with Gasteiger partial charge in [0.2, 0.25) is 0 Å². The van der Waals surface area contributed by atoms with E-state index >= 15 is 0 Å². The lowest BCUT2D eigenvalue weighted by atomic mass is 9.98. The van der Waals surface area contributed by atoms with Crippen LogP contribution in [0.1, 0.15) is 23.2 Å². The van der Waals surface area contributed by atoms with Gasteiger partial charge in [0.15, 0.2) is 0 Å². The topological polar surface area (TPSA) is 125 Å². The minimum absolute atomic E-state index is 0.0336. The van der Waals surface area contributed by atoms with Crippen LogP contribution in [0, 0.1) is 0 Å². The molecule has 3 N–H and O–H groups in total. The van der Waals surface area contributed by atoms with Crippen molar-refractivity contribution in [3.05, 3.63) is 47.3 Å². The molecule has 29 heavy (non-hydrogen) atoms. The molecule has 11 heteroatoms. The Hall–Kier alpha value is -2.47. The number of carbonyl (C=O) groups is 2. The quantitative estimate of drug-likeness (QED) is 0.459. The first kappa shape index (κ1) is 21.2. The lowest BCUT2D eigenvalue weighted by Gasteiger charge is -2.37. The Kier molecular flexibility index (Phi) is 6.52. The maximum Gasteiger partial charge on any atom is 0.261 e. The van der Waals surface area contributed by atoms with Crippen LogP contribution >= 0.6 is 11.3 Å². The van der Waals surface area contributed by atoms with Gasteiger partial charge < -0.3 is 10.1 Å². The number of ether oxygens (including phenoxy) is 1. The lowest BCUT2D eigenvalue weighted by molar-refractivity contribution is -0.134. The van der Waals surface area contributed by atoms with Crippen molar-refractivity contribution in [3.63, 3.8) is 0 Å². The van der Waals surface area contributed by atoms with E-state index in [-0.39, 0.29) is 23.1 Å². The second-order valence-electron chi connectivity index (χ2n) is 6.46. The van der Waals surface area contributed by atoms with E-state index in [1.165, 1.54) is 18.7 Å². The van der Waals surface area contributed by atoms with E-state index in [2.05, 4.69) is 5.32 Å². The normalized spacial score (nSPS) is 20.1. The molecule has 1 aromatic heterocycles. The largest absolute Gasteiger partial charge is 0.497 e. The highest BCUT2D eigenvalue weighted by Crippen LogP contribution is 2.28. The Labute approximate surface area is 172 Å². The van der Waals surface area contributed by atoms with Gasteiger partial charge in [0.25, 0.3) is 21.8 Å². The van der Waals surface area contributed by atoms with Crippen LogP contribution in [0.3, 0.4) is 0 Å². The standard InChI is InChI=1S/C18H21N3O6S2/c1-27-14-6-4-12(5-7-14)17(22)19-13-8-9-21(15(11-13)18(23)20-24)29(25,26)16-3-2-10-28-16/h2-7,10,13,15,24H,8-9,11H2,1H3,(H,19,22)(H,20,23)/t13-,15-/m1/s1. The van der Waals surface area contributed by atoms with E-state index in [0.717, 1.165) is 15.6 Å². The maximum absolute atomic E-state index is 12.9. The van der Waals surface area contributed by atoms with Gasteiger partial charge >= 0.3 is 0 Å². The summed E-state index contributed by atoms with van der Waals surface area (Å²) < 4.78 is 32.0. The molecule has 1 fully saturated rings. The summed E-state index contributed by atoms with van der Waals surface area (Å²) in [5, 5.41) is 13.5. The number of rotatable bonds is 6. The number of nitrogens with one attached hydrogen (secondary N) is 2. The molecule has 0 bridgehead atoms. The van der Waals surface area contributed by atoms with Crippen LogP contribution in [0.4, 0.5) is 0 Å². The van der Waals surface area contributed by atoms with Crippen molar-refractivity contribution in [3.8, 4) is 5.75 Å². The number of nitrogens with zero attached hydrogens (tertiary/aromatic N) is 1. The first-order valence-electron chi connectivity index (χ1n) is 8.81. The van der Waals surface area contributed by atoms with Crippen LogP contribution in [-0.4, -0.2) is 55.5 Å². The minimum atomic E-state index is -3.88. The number of thiophene rings is 1. The number of methoxy groups -OCH3 is 1. The third-order valence-corrected chi connectivity index (χ3v) is 7.99. The summed E-state index contributed by atoms with van der Waals surface area (Å²) in [6.45, 7) is 0.0336. The van der Waals surface area contributed by atoms with Crippen LogP contribution in [0.25, 0.3) is 0 Å². The van der Waals surface area contributed by atoms with E-state index in [1.807, 2.05) is 0 Å². The van der Waals surface area contributed by atoms with Gasteiger partial charge in [-0.05, 0) is 48.6 Å². The van der Waals surface area contributed by atoms with Crippen LogP contribution < -0.4 is 15.5 Å². The molecule has 0 aliphatic carbocycles. The van der Waals surface area contributed by atoms with E-state index in [9.17, 15) is 18.0 Å². The number of amides is 2. The van der Waals surface area contributed by atoms with E-state index in [4.69, 9.17) is 9.94 Å². The smallest absolute Gasteiger partial charge is 0.261 e. The van der Waals surface area contributed by atoms with Crippen LogP contribution in [-0.2, 0) is 14.8 Å². The zero-order chi connectivity index (χ0) is 21.0. The number of carbonyl (C=O) groups excluding carboxylic acids is 2. The zero-order valence-electron chi connectivity index (χ0n) is 15.6. The molecule has 2 atom stereocenters. The summed E-state index contributed by atoms with van der Waals surface area (Å²) in [5.41, 5.74) is 1.95. The van der Waals surface area contributed by atoms with E-state index in [1.54, 1.807) is 35.7 Å². The average Bonchev–Trinajstić information content (AvgIpc) is 3.29. The van der Waals surface area contributed by atoms with Crippen molar-refractivity contribution < 1.29 is 28.0 Å². The SMILES string of the molecule is COc1ccc(C(=O)N[C@@H]2CCN(S(=O)(=O)c3cccs3)[C@@H](C(=O)NO)C2)cc1. The Bertz CT molecular complexity index is 960. The summed E-state index contributed by atoms with van der Waals surface area (Å²) in [6.07, 6.45) is 0.376. The number of sulfonamides is 1. The summed E-state index contributed by atoms with van der Waals surface area (Å²) in [6, 6.07) is 8.06. The second kappa shape index (κ2) is 8.91. The molecular weight excluding hydrogens is 418 g/mol. The van der Waals surface area contributed by atoms with Crippen molar-refractivity contribution in [2.45, 2.75) is 29.1 Å². The van der Waals surface area contributed by atoms with Crippen molar-refractivity contribution in [2.24, 2.45) is 0 Å². The lowest BCUT2D eigenvalue weighted by Crippen LogP contribution is -2.56. The monoisotopic (exact) mass is 439 g/mol. The van der Waals surface area contributed by atoms with Crippen molar-refractivity contribution in [1.29, 1.82) is 0 Å². The molecule has 0 unspecified atom stereocenters. The van der Waals surface area contributed by atoms with Crippen molar-refractivity contribution in [1.82, 2.24) is 15.1 Å². The molecule has 0 radical (unpaired) electrons. The van der Waals surface area contributed by atoms with Gasteiger partial charge in [-0.15, -0.1) is 11.3 Å². The predicted octanol–water partition coefficient (Wildman–Crippen LogP) is 1.21. The van der Waals surface area contributed by atoms with Crippen molar-refractivity contribution in [2.75, 3.05) is 13.7 Å². The first-order valence-corrected chi connectivity index (χ1v) is 11.1. The van der Waals surface area contributed by atoms with E-state index in [0.29, 0.717) is 17.7 Å². The molecule has 3 rings (SSSR count). The van der Waals surface area contributed by atoms with E-state index < -0.39 is 28.0 Å². The van der Waals surface area contributed by atoms with Crippen LogP contribution in [0.15, 0.2) is 46.0 Å². The fourth-order valence-electron chi connectivity index (χ4n) is 3.21. The molecule has 0 saturated carbocycles. The van der Waals surface area contributed by atoms with Crippen LogP contribution in [0.5, 0.6) is 5.75 Å². The van der Waals surface area contributed by atoms with Gasteiger partial charge in [0.05, 0.1) is 7.11 Å². The molecule has 1 aliphatic heterocycles. The molecule has 1 aromatic carbocycles. The van der Waals surface area contributed by atoms with Crippen LogP contribution in [0.2, 0.25) is 0 Å². The van der Waals surface area contributed by atoms with Gasteiger partial charge in [-0.1, -0.05) is 6.07 Å². The van der Waals surface area contributed by atoms with Gasteiger partial charge in [-0.2, -0.15) is 4.31 Å². The Balaban J connectivity index is 1.74. The minimum Gasteiger partial charge on any atom is -0.497 e.